The van der Waals surface area contributed by atoms with Crippen molar-refractivity contribution in [3.05, 3.63) is 217 Å². The molecule has 0 fully saturated rings. The molecule has 0 radical (unpaired) electrons. The van der Waals surface area contributed by atoms with Crippen molar-refractivity contribution in [2.24, 2.45) is 0 Å². The highest BCUT2D eigenvalue weighted by molar-refractivity contribution is 6.19. The minimum Gasteiger partial charge on any atom is -0.309 e. The number of benzene rings is 9. The van der Waals surface area contributed by atoms with Gasteiger partial charge in [-0.1, -0.05) is 152 Å². The van der Waals surface area contributed by atoms with Crippen LogP contribution in [0.25, 0.3) is 99.5 Å². The molecule has 0 amide bonds. The van der Waals surface area contributed by atoms with Gasteiger partial charge in [0.25, 0.3) is 0 Å². The average Bonchev–Trinajstić information content (AvgIpc) is 3.93. The largest absolute Gasteiger partial charge is 0.309 e. The maximum Gasteiger partial charge on any atom is 0.0562 e. The molecule has 57 heavy (non-hydrogen) atoms. The lowest BCUT2D eigenvalue weighted by atomic mass is 9.95. The Kier molecular flexibility index (Phi) is 7.02. The van der Waals surface area contributed by atoms with Crippen LogP contribution in [0.15, 0.2) is 206 Å². The Hall–Kier alpha value is -7.42. The Morgan fingerprint density at radius 2 is 0.807 bits per heavy atom. The van der Waals surface area contributed by atoms with Gasteiger partial charge in [-0.25, -0.2) is 0 Å². The lowest BCUT2D eigenvalue weighted by Gasteiger charge is -2.12. The Labute approximate surface area is 331 Å². The van der Waals surface area contributed by atoms with E-state index in [1.807, 2.05) is 0 Å². The van der Waals surface area contributed by atoms with Gasteiger partial charge in [0, 0.05) is 32.9 Å². The molecule has 1 aliphatic rings. The zero-order chi connectivity index (χ0) is 37.5. The van der Waals surface area contributed by atoms with Gasteiger partial charge in [0.15, 0.2) is 0 Å². The molecule has 0 spiro atoms. The van der Waals surface area contributed by atoms with Crippen molar-refractivity contribution in [2.45, 2.75) is 6.42 Å². The van der Waals surface area contributed by atoms with E-state index in [9.17, 15) is 0 Å². The molecule has 2 heterocycles. The second-order valence-electron chi connectivity index (χ2n) is 15.3. The van der Waals surface area contributed by atoms with Gasteiger partial charge in [-0.05, 0) is 117 Å². The molecule has 12 rings (SSSR count). The molecule has 1 aliphatic carbocycles. The molecule has 0 saturated heterocycles. The molecule has 2 aromatic heterocycles. The van der Waals surface area contributed by atoms with Crippen LogP contribution in [0.3, 0.4) is 0 Å². The third-order valence-electron chi connectivity index (χ3n) is 12.2. The maximum absolute atomic E-state index is 2.45. The topological polar surface area (TPSA) is 9.86 Å². The summed E-state index contributed by atoms with van der Waals surface area (Å²) in [5.74, 6) is 0. The van der Waals surface area contributed by atoms with Gasteiger partial charge in [0.2, 0.25) is 0 Å². The van der Waals surface area contributed by atoms with Gasteiger partial charge in [-0.2, -0.15) is 0 Å². The zero-order valence-corrected chi connectivity index (χ0v) is 31.2. The predicted molar refractivity (Wildman–Crippen MR) is 240 cm³/mol. The monoisotopic (exact) mass is 724 g/mol. The van der Waals surface area contributed by atoms with Crippen LogP contribution in [0, 0.1) is 0 Å². The number of fused-ring (bicyclic) bond motifs is 9. The van der Waals surface area contributed by atoms with Gasteiger partial charge >= 0.3 is 0 Å². The van der Waals surface area contributed by atoms with E-state index in [0.29, 0.717) is 0 Å². The molecule has 2 heteroatoms. The molecular weight excluding hydrogens is 689 g/mol. The van der Waals surface area contributed by atoms with Crippen LogP contribution in [-0.4, -0.2) is 9.13 Å². The smallest absolute Gasteiger partial charge is 0.0562 e. The van der Waals surface area contributed by atoms with Crippen molar-refractivity contribution >= 4 is 43.6 Å². The molecule has 0 aliphatic heterocycles. The fourth-order valence-corrected chi connectivity index (χ4v) is 9.50. The molecule has 0 saturated carbocycles. The van der Waals surface area contributed by atoms with E-state index in [0.717, 1.165) is 17.8 Å². The fourth-order valence-electron chi connectivity index (χ4n) is 9.50. The van der Waals surface area contributed by atoms with Crippen molar-refractivity contribution in [3.63, 3.8) is 0 Å². The number of rotatable bonds is 5. The summed E-state index contributed by atoms with van der Waals surface area (Å²) in [5.41, 5.74) is 20.1. The predicted octanol–water partition coefficient (Wildman–Crippen LogP) is 14.5. The van der Waals surface area contributed by atoms with Crippen molar-refractivity contribution in [2.75, 3.05) is 0 Å². The summed E-state index contributed by atoms with van der Waals surface area (Å²) in [6, 6.07) is 75.8. The highest BCUT2D eigenvalue weighted by Crippen LogP contribution is 2.43. The second-order valence-corrected chi connectivity index (χ2v) is 15.3. The number of para-hydroxylation sites is 2. The standard InChI is InChI=1S/C55H36N2/c1-3-12-36(13-4-1)37-22-24-38(25-23-37)40-28-31-53-49(32-40)51-34-50-47-18-9-10-21-52(47)57(54(50)35-55(51)56(53)42-15-5-2-6-16-42)43-29-26-39(27-30-43)44-19-11-20-46-45-17-8-7-14-41(45)33-48(44)46/h1-32,34-35H,33H2. The average molecular weight is 725 g/mol. The summed E-state index contributed by atoms with van der Waals surface area (Å²) in [5, 5.41) is 5.01. The fraction of sp³-hybridized carbons (Fsp3) is 0.0182. The number of hydrogen-bond acceptors (Lipinski definition) is 0. The van der Waals surface area contributed by atoms with Gasteiger partial charge in [0.05, 0.1) is 22.1 Å². The molecule has 9 aromatic carbocycles. The molecule has 2 nitrogen and oxygen atoms in total. The van der Waals surface area contributed by atoms with Crippen molar-refractivity contribution in [3.8, 4) is 55.9 Å². The third kappa shape index (κ3) is 4.97. The number of nitrogens with zero attached hydrogens (tertiary/aromatic N) is 2. The van der Waals surface area contributed by atoms with E-state index in [2.05, 4.69) is 215 Å². The van der Waals surface area contributed by atoms with Gasteiger partial charge in [-0.3, -0.25) is 0 Å². The van der Waals surface area contributed by atoms with Gasteiger partial charge in [0.1, 0.15) is 0 Å². The molecule has 0 bridgehead atoms. The summed E-state index contributed by atoms with van der Waals surface area (Å²) in [7, 11) is 0. The zero-order valence-electron chi connectivity index (χ0n) is 31.2. The van der Waals surface area contributed by atoms with Crippen molar-refractivity contribution in [1.29, 1.82) is 0 Å². The van der Waals surface area contributed by atoms with Crippen LogP contribution in [0.5, 0.6) is 0 Å². The summed E-state index contributed by atoms with van der Waals surface area (Å²) in [6.07, 6.45) is 0.976. The Balaban J connectivity index is 1.03. The number of hydrogen-bond donors (Lipinski definition) is 0. The van der Waals surface area contributed by atoms with Crippen LogP contribution in [-0.2, 0) is 6.42 Å². The van der Waals surface area contributed by atoms with E-state index in [1.165, 1.54) is 99.2 Å². The van der Waals surface area contributed by atoms with E-state index >= 15 is 0 Å². The summed E-state index contributed by atoms with van der Waals surface area (Å²) in [4.78, 5) is 0. The first-order chi connectivity index (χ1) is 28.3. The van der Waals surface area contributed by atoms with Crippen LogP contribution in [0.1, 0.15) is 11.1 Å². The second kappa shape index (κ2) is 12.6. The van der Waals surface area contributed by atoms with Crippen molar-refractivity contribution < 1.29 is 0 Å². The van der Waals surface area contributed by atoms with Crippen LogP contribution >= 0.6 is 0 Å². The molecule has 11 aromatic rings. The normalized spacial score (nSPS) is 12.1. The molecule has 0 unspecified atom stereocenters. The highest BCUT2D eigenvalue weighted by Gasteiger charge is 2.22. The van der Waals surface area contributed by atoms with Crippen LogP contribution in [0.2, 0.25) is 0 Å². The van der Waals surface area contributed by atoms with Crippen LogP contribution in [0.4, 0.5) is 0 Å². The van der Waals surface area contributed by atoms with E-state index in [4.69, 9.17) is 0 Å². The number of aromatic nitrogens is 2. The first-order valence-corrected chi connectivity index (χ1v) is 19.8. The Morgan fingerprint density at radius 3 is 1.60 bits per heavy atom. The van der Waals surface area contributed by atoms with Gasteiger partial charge in [-0.15, -0.1) is 0 Å². The molecular formula is C55H36N2. The third-order valence-corrected chi connectivity index (χ3v) is 12.2. The molecule has 0 atom stereocenters. The van der Waals surface area contributed by atoms with Crippen LogP contribution < -0.4 is 0 Å². The Morgan fingerprint density at radius 1 is 0.281 bits per heavy atom. The lowest BCUT2D eigenvalue weighted by molar-refractivity contribution is 1.16. The SMILES string of the molecule is c1ccc(-c2ccc(-c3ccc4c(c3)c3cc5c6ccccc6n(-c6ccc(-c7cccc8c7Cc7ccccc7-8)cc6)c5cc3n4-c3ccccc3)cc2)cc1. The van der Waals surface area contributed by atoms with E-state index < -0.39 is 0 Å². The summed E-state index contributed by atoms with van der Waals surface area (Å²) < 4.78 is 4.89. The minimum atomic E-state index is 0.976. The molecule has 266 valence electrons. The Bertz CT molecular complexity index is 3330. The summed E-state index contributed by atoms with van der Waals surface area (Å²) in [6.45, 7) is 0. The maximum atomic E-state index is 2.45. The minimum absolute atomic E-state index is 0.976. The highest BCUT2D eigenvalue weighted by atomic mass is 15.0. The van der Waals surface area contributed by atoms with Crippen molar-refractivity contribution in [1.82, 2.24) is 9.13 Å². The quantitative estimate of drug-likeness (QED) is 0.167. The molecule has 0 N–H and O–H groups in total. The first-order valence-electron chi connectivity index (χ1n) is 19.8. The summed E-state index contributed by atoms with van der Waals surface area (Å²) >= 11 is 0. The van der Waals surface area contributed by atoms with E-state index in [1.54, 1.807) is 0 Å². The van der Waals surface area contributed by atoms with Gasteiger partial charge < -0.3 is 9.13 Å². The lowest BCUT2D eigenvalue weighted by Crippen LogP contribution is -1.96. The van der Waals surface area contributed by atoms with E-state index in [-0.39, 0.29) is 0 Å². The first kappa shape index (κ1) is 31.9.